The summed E-state index contributed by atoms with van der Waals surface area (Å²) < 4.78 is 37.9. The molecule has 0 atom stereocenters. The first kappa shape index (κ1) is 21.2. The van der Waals surface area contributed by atoms with E-state index in [0.717, 1.165) is 5.56 Å². The first-order chi connectivity index (χ1) is 14.4. The van der Waals surface area contributed by atoms with E-state index >= 15 is 0 Å². The predicted molar refractivity (Wildman–Crippen MR) is 114 cm³/mol. The number of ether oxygens (including phenoxy) is 2. The number of amides is 1. The molecule has 0 aliphatic carbocycles. The van der Waals surface area contributed by atoms with Crippen molar-refractivity contribution in [2.45, 2.75) is 11.4 Å². The second-order valence-electron chi connectivity index (χ2n) is 6.37. The van der Waals surface area contributed by atoms with E-state index in [4.69, 9.17) is 9.47 Å². The quantitative estimate of drug-likeness (QED) is 0.576. The smallest absolute Gasteiger partial charge is 0.261 e. The van der Waals surface area contributed by atoms with Crippen molar-refractivity contribution in [2.75, 3.05) is 18.9 Å². The Balaban J connectivity index is 1.65. The van der Waals surface area contributed by atoms with Crippen LogP contribution in [0.1, 0.15) is 15.9 Å². The van der Waals surface area contributed by atoms with Crippen molar-refractivity contribution in [2.24, 2.45) is 0 Å². The number of benzene rings is 3. The van der Waals surface area contributed by atoms with Crippen molar-refractivity contribution >= 4 is 21.6 Å². The maximum absolute atomic E-state index is 12.5. The summed E-state index contributed by atoms with van der Waals surface area (Å²) in [5, 5.41) is 2.80. The molecular weight excluding hydrogens is 404 g/mol. The van der Waals surface area contributed by atoms with Gasteiger partial charge in [-0.1, -0.05) is 24.3 Å². The number of rotatable bonds is 8. The highest BCUT2D eigenvalue weighted by atomic mass is 32.2. The Morgan fingerprint density at radius 2 is 1.53 bits per heavy atom. The Labute approximate surface area is 175 Å². The van der Waals surface area contributed by atoms with Crippen molar-refractivity contribution in [3.63, 3.8) is 0 Å². The lowest BCUT2D eigenvalue weighted by molar-refractivity contribution is 0.0950. The summed E-state index contributed by atoms with van der Waals surface area (Å²) in [4.78, 5) is 12.5. The van der Waals surface area contributed by atoms with Crippen molar-refractivity contribution in [1.82, 2.24) is 5.32 Å². The maximum Gasteiger partial charge on any atom is 0.261 e. The summed E-state index contributed by atoms with van der Waals surface area (Å²) in [5.41, 5.74) is 1.66. The number of carbonyl (C=O) groups excluding carboxylic acids is 1. The lowest BCUT2D eigenvalue weighted by Gasteiger charge is -2.11. The maximum atomic E-state index is 12.5. The zero-order valence-corrected chi connectivity index (χ0v) is 17.4. The number of methoxy groups -OCH3 is 2. The van der Waals surface area contributed by atoms with E-state index in [9.17, 15) is 13.2 Å². The summed E-state index contributed by atoms with van der Waals surface area (Å²) in [5.74, 6) is 0.864. The first-order valence-electron chi connectivity index (χ1n) is 9.10. The molecule has 8 heteroatoms. The SMILES string of the molecule is COc1ccc(CNC(=O)c2ccc(S(=O)(=O)Nc3ccccc3)cc2)cc1OC. The number of nitrogens with one attached hydrogen (secondary N) is 2. The van der Waals surface area contributed by atoms with Gasteiger partial charge in [0.15, 0.2) is 11.5 Å². The molecular formula is C22H22N2O5S. The average Bonchev–Trinajstić information content (AvgIpc) is 2.77. The number of sulfonamides is 1. The van der Waals surface area contributed by atoms with Crippen molar-refractivity contribution < 1.29 is 22.7 Å². The van der Waals surface area contributed by atoms with Gasteiger partial charge in [-0.2, -0.15) is 0 Å². The average molecular weight is 426 g/mol. The van der Waals surface area contributed by atoms with E-state index in [2.05, 4.69) is 10.0 Å². The van der Waals surface area contributed by atoms with Gasteiger partial charge in [0.05, 0.1) is 19.1 Å². The lowest BCUT2D eigenvalue weighted by Crippen LogP contribution is -2.23. The van der Waals surface area contributed by atoms with Gasteiger partial charge in [0.2, 0.25) is 0 Å². The Morgan fingerprint density at radius 1 is 0.867 bits per heavy atom. The monoisotopic (exact) mass is 426 g/mol. The van der Waals surface area contributed by atoms with Gasteiger partial charge in [0.25, 0.3) is 15.9 Å². The molecule has 7 nitrogen and oxygen atoms in total. The summed E-state index contributed by atoms with van der Waals surface area (Å²) in [6.07, 6.45) is 0. The van der Waals surface area contributed by atoms with Gasteiger partial charge in [-0.3, -0.25) is 9.52 Å². The molecule has 0 unspecified atom stereocenters. The highest BCUT2D eigenvalue weighted by molar-refractivity contribution is 7.92. The second kappa shape index (κ2) is 9.32. The van der Waals surface area contributed by atoms with Crippen molar-refractivity contribution in [1.29, 1.82) is 0 Å². The van der Waals surface area contributed by atoms with Crippen LogP contribution in [0.2, 0.25) is 0 Å². The van der Waals surface area contributed by atoms with Crippen molar-refractivity contribution in [3.8, 4) is 11.5 Å². The Bertz CT molecular complexity index is 1110. The van der Waals surface area contributed by atoms with E-state index in [1.165, 1.54) is 24.3 Å². The largest absolute Gasteiger partial charge is 0.493 e. The summed E-state index contributed by atoms with van der Waals surface area (Å²) in [6.45, 7) is 0.287. The molecule has 0 bridgehead atoms. The van der Waals surface area contributed by atoms with Gasteiger partial charge in [0.1, 0.15) is 0 Å². The van der Waals surface area contributed by atoms with Crippen LogP contribution in [0.15, 0.2) is 77.7 Å². The van der Waals surface area contributed by atoms with Gasteiger partial charge < -0.3 is 14.8 Å². The normalized spacial score (nSPS) is 10.9. The minimum atomic E-state index is -3.73. The van der Waals surface area contributed by atoms with Crippen LogP contribution >= 0.6 is 0 Å². The topological polar surface area (TPSA) is 93.7 Å². The minimum absolute atomic E-state index is 0.0720. The van der Waals surface area contributed by atoms with E-state index in [1.807, 2.05) is 6.07 Å². The van der Waals surface area contributed by atoms with Crippen molar-refractivity contribution in [3.05, 3.63) is 83.9 Å². The van der Waals surface area contributed by atoms with Gasteiger partial charge in [0, 0.05) is 17.8 Å². The third-order valence-electron chi connectivity index (χ3n) is 4.35. The molecule has 0 spiro atoms. The third kappa shape index (κ3) is 5.09. The Kier molecular flexibility index (Phi) is 6.58. The third-order valence-corrected chi connectivity index (χ3v) is 5.75. The fourth-order valence-electron chi connectivity index (χ4n) is 2.78. The molecule has 0 aromatic heterocycles. The summed E-state index contributed by atoms with van der Waals surface area (Å²) >= 11 is 0. The number of carbonyl (C=O) groups is 1. The number of hydrogen-bond donors (Lipinski definition) is 2. The molecule has 0 heterocycles. The van der Waals surface area contributed by atoms with Crippen LogP contribution in [0.5, 0.6) is 11.5 Å². The highest BCUT2D eigenvalue weighted by Crippen LogP contribution is 2.27. The van der Waals surface area contributed by atoms with Crippen LogP contribution in [-0.2, 0) is 16.6 Å². The van der Waals surface area contributed by atoms with Gasteiger partial charge in [-0.05, 0) is 54.1 Å². The van der Waals surface area contributed by atoms with Crippen LogP contribution in [0.3, 0.4) is 0 Å². The van der Waals surface area contributed by atoms with E-state index in [1.54, 1.807) is 56.7 Å². The molecule has 156 valence electrons. The zero-order chi connectivity index (χ0) is 21.6. The molecule has 30 heavy (non-hydrogen) atoms. The van der Waals surface area contributed by atoms with Crippen LogP contribution < -0.4 is 19.5 Å². The van der Waals surface area contributed by atoms with Crippen LogP contribution in [0.4, 0.5) is 5.69 Å². The van der Waals surface area contributed by atoms with Gasteiger partial charge in [-0.25, -0.2) is 8.42 Å². The fraction of sp³-hybridized carbons (Fsp3) is 0.136. The molecule has 3 aromatic carbocycles. The molecule has 0 saturated heterocycles. The Morgan fingerprint density at radius 3 is 2.17 bits per heavy atom. The highest BCUT2D eigenvalue weighted by Gasteiger charge is 2.15. The minimum Gasteiger partial charge on any atom is -0.493 e. The van der Waals surface area contributed by atoms with E-state index in [0.29, 0.717) is 22.7 Å². The van der Waals surface area contributed by atoms with Crippen LogP contribution in [0, 0.1) is 0 Å². The van der Waals surface area contributed by atoms with Gasteiger partial charge >= 0.3 is 0 Å². The summed E-state index contributed by atoms with van der Waals surface area (Å²) in [7, 11) is -0.635. The summed E-state index contributed by atoms with van der Waals surface area (Å²) in [6, 6.07) is 19.7. The number of para-hydroxylation sites is 1. The predicted octanol–water partition coefficient (Wildman–Crippen LogP) is 3.43. The molecule has 2 N–H and O–H groups in total. The molecule has 3 aromatic rings. The van der Waals surface area contributed by atoms with Gasteiger partial charge in [-0.15, -0.1) is 0 Å². The molecule has 0 aliphatic heterocycles. The van der Waals surface area contributed by atoms with E-state index < -0.39 is 10.0 Å². The molecule has 3 rings (SSSR count). The number of anilines is 1. The molecule has 1 amide bonds. The van der Waals surface area contributed by atoms with E-state index in [-0.39, 0.29) is 17.3 Å². The molecule has 0 fully saturated rings. The number of hydrogen-bond acceptors (Lipinski definition) is 5. The molecule has 0 radical (unpaired) electrons. The second-order valence-corrected chi connectivity index (χ2v) is 8.05. The molecule has 0 saturated carbocycles. The zero-order valence-electron chi connectivity index (χ0n) is 16.6. The van der Waals surface area contributed by atoms with Crippen LogP contribution in [0.25, 0.3) is 0 Å². The standard InChI is InChI=1S/C22H22N2O5S/c1-28-20-13-8-16(14-21(20)29-2)15-23-22(25)17-9-11-19(12-10-17)30(26,27)24-18-6-4-3-5-7-18/h3-14,24H,15H2,1-2H3,(H,23,25). The fourth-order valence-corrected chi connectivity index (χ4v) is 3.84. The Hall–Kier alpha value is -3.52. The lowest BCUT2D eigenvalue weighted by atomic mass is 10.1. The first-order valence-corrected chi connectivity index (χ1v) is 10.6. The van der Waals surface area contributed by atoms with Crippen LogP contribution in [-0.4, -0.2) is 28.5 Å². The molecule has 0 aliphatic rings.